The van der Waals surface area contributed by atoms with Gasteiger partial charge >= 0.3 is 5.97 Å². The minimum absolute atomic E-state index is 0.111. The molecular formula is C17H26N3O4+. The molecule has 0 bridgehead atoms. The van der Waals surface area contributed by atoms with Gasteiger partial charge < -0.3 is 20.4 Å². The van der Waals surface area contributed by atoms with Gasteiger partial charge in [-0.05, 0) is 33.6 Å². The van der Waals surface area contributed by atoms with Crippen LogP contribution in [0.4, 0.5) is 0 Å². The average Bonchev–Trinajstić information content (AvgIpc) is 2.82. The van der Waals surface area contributed by atoms with Crippen molar-refractivity contribution in [2.24, 2.45) is 11.7 Å². The van der Waals surface area contributed by atoms with Crippen LogP contribution in [0, 0.1) is 19.8 Å². The first-order valence-electron chi connectivity index (χ1n) is 8.37. The van der Waals surface area contributed by atoms with Crippen LogP contribution in [0.25, 0.3) is 0 Å². The number of aryl methyl sites for hydroxylation is 2. The number of rotatable bonds is 6. The summed E-state index contributed by atoms with van der Waals surface area (Å²) in [4.78, 5) is 40.4. The zero-order valence-corrected chi connectivity index (χ0v) is 14.5. The zero-order valence-electron chi connectivity index (χ0n) is 14.5. The van der Waals surface area contributed by atoms with Crippen molar-refractivity contribution in [1.82, 2.24) is 4.98 Å². The Hall–Kier alpha value is -2.15. The van der Waals surface area contributed by atoms with E-state index in [0.717, 1.165) is 24.3 Å². The lowest BCUT2D eigenvalue weighted by Gasteiger charge is -2.27. The van der Waals surface area contributed by atoms with Crippen molar-refractivity contribution in [2.75, 3.05) is 26.2 Å². The lowest BCUT2D eigenvalue weighted by atomic mass is 9.96. The largest absolute Gasteiger partial charge is 0.462 e. The topological polar surface area (TPSA) is 107 Å². The molecule has 1 aromatic heterocycles. The maximum Gasteiger partial charge on any atom is 0.340 e. The third-order valence-corrected chi connectivity index (χ3v) is 4.56. The molecular weight excluding hydrogens is 310 g/mol. The van der Waals surface area contributed by atoms with E-state index in [2.05, 4.69) is 4.98 Å². The van der Waals surface area contributed by atoms with E-state index in [9.17, 15) is 14.4 Å². The number of aromatic nitrogens is 1. The minimum atomic E-state index is -0.480. The highest BCUT2D eigenvalue weighted by Crippen LogP contribution is 2.20. The van der Waals surface area contributed by atoms with E-state index in [4.69, 9.17) is 10.5 Å². The van der Waals surface area contributed by atoms with Crippen LogP contribution in [-0.4, -0.2) is 48.9 Å². The fourth-order valence-electron chi connectivity index (χ4n) is 3.46. The predicted octanol–water partition coefficient (Wildman–Crippen LogP) is -0.229. The summed E-state index contributed by atoms with van der Waals surface area (Å²) in [6.07, 6.45) is 1.65. The number of ketones is 1. The Labute approximate surface area is 141 Å². The van der Waals surface area contributed by atoms with Crippen molar-refractivity contribution in [3.8, 4) is 0 Å². The first-order chi connectivity index (χ1) is 11.3. The van der Waals surface area contributed by atoms with E-state index in [1.807, 2.05) is 0 Å². The molecule has 24 heavy (non-hydrogen) atoms. The number of H-pyrrole nitrogens is 1. The van der Waals surface area contributed by atoms with Crippen molar-refractivity contribution in [1.29, 1.82) is 0 Å². The molecule has 1 aromatic rings. The third kappa shape index (κ3) is 3.84. The van der Waals surface area contributed by atoms with Crippen LogP contribution in [0.3, 0.4) is 0 Å². The molecule has 2 rings (SSSR count). The van der Waals surface area contributed by atoms with E-state index in [-0.39, 0.29) is 30.8 Å². The second-order valence-corrected chi connectivity index (χ2v) is 6.39. The molecule has 132 valence electrons. The number of amides is 1. The molecule has 1 amide bonds. The number of nitrogens with two attached hydrogens (primary N) is 1. The average molecular weight is 336 g/mol. The molecule has 0 aliphatic carbocycles. The quantitative estimate of drug-likeness (QED) is 0.493. The molecule has 1 fully saturated rings. The van der Waals surface area contributed by atoms with E-state index < -0.39 is 5.97 Å². The molecule has 0 spiro atoms. The van der Waals surface area contributed by atoms with Gasteiger partial charge in [-0.25, -0.2) is 4.79 Å². The van der Waals surface area contributed by atoms with Crippen LogP contribution >= 0.6 is 0 Å². The number of carbonyl (C=O) groups is 3. The molecule has 7 nitrogen and oxygen atoms in total. The molecule has 1 saturated heterocycles. The summed E-state index contributed by atoms with van der Waals surface area (Å²) in [7, 11) is 0. The molecule has 7 heteroatoms. The number of esters is 1. The van der Waals surface area contributed by atoms with Crippen molar-refractivity contribution < 1.29 is 24.0 Å². The van der Waals surface area contributed by atoms with Crippen molar-refractivity contribution in [2.45, 2.75) is 33.6 Å². The molecule has 0 saturated carbocycles. The molecule has 1 aliphatic rings. The first-order valence-corrected chi connectivity index (χ1v) is 8.37. The van der Waals surface area contributed by atoms with Crippen LogP contribution in [0.1, 0.15) is 51.9 Å². The maximum atomic E-state index is 12.8. The summed E-state index contributed by atoms with van der Waals surface area (Å²) < 4.78 is 5.07. The van der Waals surface area contributed by atoms with Crippen LogP contribution in [-0.2, 0) is 9.53 Å². The molecule has 4 N–H and O–H groups in total. The Kier molecular flexibility index (Phi) is 5.77. The zero-order chi connectivity index (χ0) is 17.9. The summed E-state index contributed by atoms with van der Waals surface area (Å²) in [5.74, 6) is -1.08. The fourth-order valence-corrected chi connectivity index (χ4v) is 3.46. The molecule has 1 aliphatic heterocycles. The van der Waals surface area contributed by atoms with Gasteiger partial charge in [0.15, 0.2) is 0 Å². The number of primary amides is 1. The van der Waals surface area contributed by atoms with Gasteiger partial charge in [-0.15, -0.1) is 0 Å². The van der Waals surface area contributed by atoms with E-state index in [1.165, 1.54) is 0 Å². The van der Waals surface area contributed by atoms with E-state index in [1.54, 1.807) is 20.8 Å². The third-order valence-electron chi connectivity index (χ3n) is 4.56. The number of nitrogens with one attached hydrogen (secondary N) is 2. The number of quaternary nitrogens is 1. The second-order valence-electron chi connectivity index (χ2n) is 6.39. The molecule has 2 heterocycles. The Balaban J connectivity index is 2.18. The van der Waals surface area contributed by atoms with E-state index in [0.29, 0.717) is 29.1 Å². The summed E-state index contributed by atoms with van der Waals surface area (Å²) in [5, 5.41) is 0. The van der Waals surface area contributed by atoms with Crippen molar-refractivity contribution in [3.63, 3.8) is 0 Å². The smallest absolute Gasteiger partial charge is 0.340 e. The number of likely N-dealkylation sites (tertiary alicyclic amines) is 1. The number of hydrogen-bond donors (Lipinski definition) is 3. The molecule has 0 radical (unpaired) electrons. The normalized spacial score (nSPS) is 20.6. The maximum absolute atomic E-state index is 12.8. The highest BCUT2D eigenvalue weighted by molar-refractivity contribution is 6.08. The van der Waals surface area contributed by atoms with Gasteiger partial charge in [0.25, 0.3) is 0 Å². The lowest BCUT2D eigenvalue weighted by Crippen LogP contribution is -3.14. The monoisotopic (exact) mass is 336 g/mol. The van der Waals surface area contributed by atoms with Crippen LogP contribution in [0.2, 0.25) is 0 Å². The van der Waals surface area contributed by atoms with Crippen LogP contribution < -0.4 is 10.6 Å². The summed E-state index contributed by atoms with van der Waals surface area (Å²) in [6, 6.07) is 0. The number of ether oxygens (including phenoxy) is 1. The van der Waals surface area contributed by atoms with Gasteiger partial charge in [0.1, 0.15) is 6.54 Å². The summed E-state index contributed by atoms with van der Waals surface area (Å²) >= 11 is 0. The van der Waals surface area contributed by atoms with Gasteiger partial charge in [0.2, 0.25) is 11.7 Å². The number of aromatic amines is 1. The van der Waals surface area contributed by atoms with Crippen molar-refractivity contribution >= 4 is 17.7 Å². The number of carbonyl (C=O) groups excluding carboxylic acids is 3. The van der Waals surface area contributed by atoms with Gasteiger partial charge in [0, 0.05) is 11.4 Å². The second kappa shape index (κ2) is 7.61. The Bertz CT molecular complexity index is 651. The highest BCUT2D eigenvalue weighted by Gasteiger charge is 2.31. The van der Waals surface area contributed by atoms with Crippen LogP contribution in [0.5, 0.6) is 0 Å². The van der Waals surface area contributed by atoms with Gasteiger partial charge in [-0.2, -0.15) is 0 Å². The van der Waals surface area contributed by atoms with E-state index >= 15 is 0 Å². The number of piperidine rings is 1. The van der Waals surface area contributed by atoms with Gasteiger partial charge in [-0.1, -0.05) is 0 Å². The summed E-state index contributed by atoms with van der Waals surface area (Å²) in [5.41, 5.74) is 7.42. The Morgan fingerprint density at radius 3 is 2.54 bits per heavy atom. The SMILES string of the molecule is CCOC(=O)c1c(C)[nH]c(C)c1C(=O)C[NH+]1CCC[C@@H](C(N)=O)C1. The van der Waals surface area contributed by atoms with Crippen molar-refractivity contribution in [3.05, 3.63) is 22.5 Å². The summed E-state index contributed by atoms with van der Waals surface area (Å²) in [6.45, 7) is 7.16. The molecule has 2 atom stereocenters. The Morgan fingerprint density at radius 2 is 1.92 bits per heavy atom. The predicted molar refractivity (Wildman–Crippen MR) is 88.0 cm³/mol. The lowest BCUT2D eigenvalue weighted by molar-refractivity contribution is -0.898. The highest BCUT2D eigenvalue weighted by atomic mass is 16.5. The van der Waals surface area contributed by atoms with Gasteiger partial charge in [-0.3, -0.25) is 9.59 Å². The number of hydrogen-bond acceptors (Lipinski definition) is 4. The Morgan fingerprint density at radius 1 is 1.25 bits per heavy atom. The standard InChI is InChI=1S/C17H25N3O4/c1-4-24-17(23)15-11(3)19-10(2)14(15)13(21)9-20-7-5-6-12(8-20)16(18)22/h12,19H,4-9H2,1-3H3,(H2,18,22)/p+1/t12-/m1/s1. The van der Waals surface area contributed by atoms with Crippen LogP contribution in [0.15, 0.2) is 0 Å². The molecule has 1 unspecified atom stereocenters. The number of Topliss-reactive ketones (excluding diaryl/α,β-unsaturated/α-hetero) is 1. The minimum Gasteiger partial charge on any atom is -0.462 e. The first kappa shape index (κ1) is 18.2. The van der Waals surface area contributed by atoms with Gasteiger partial charge in [0.05, 0.1) is 36.7 Å². The molecule has 0 aromatic carbocycles. The fraction of sp³-hybridized carbons (Fsp3) is 0.588.